The first kappa shape index (κ1) is 16.5. The highest BCUT2D eigenvalue weighted by molar-refractivity contribution is 6.30. The van der Waals surface area contributed by atoms with Crippen LogP contribution in [0.15, 0.2) is 54.6 Å². The molecule has 4 heteroatoms. The summed E-state index contributed by atoms with van der Waals surface area (Å²) in [6.07, 6.45) is 0. The Balaban J connectivity index is 1.66. The van der Waals surface area contributed by atoms with Crippen molar-refractivity contribution in [2.45, 2.75) is 6.04 Å². The summed E-state index contributed by atoms with van der Waals surface area (Å²) in [6.45, 7) is 5.73. The Bertz CT molecular complexity index is 582. The Kier molecular flexibility index (Phi) is 6.06. The van der Waals surface area contributed by atoms with Gasteiger partial charge in [-0.05, 0) is 23.3 Å². The molecule has 0 amide bonds. The van der Waals surface area contributed by atoms with E-state index in [2.05, 4.69) is 52.7 Å². The second-order valence-corrected chi connectivity index (χ2v) is 6.24. The van der Waals surface area contributed by atoms with Crippen LogP contribution in [0.4, 0.5) is 0 Å². The Morgan fingerprint density at radius 2 is 1.61 bits per heavy atom. The first-order valence-electron chi connectivity index (χ1n) is 8.17. The van der Waals surface area contributed by atoms with Gasteiger partial charge in [-0.25, -0.2) is 0 Å². The van der Waals surface area contributed by atoms with E-state index in [1.54, 1.807) is 0 Å². The Morgan fingerprint density at radius 3 is 2.30 bits per heavy atom. The molecule has 0 unspecified atom stereocenters. The first-order valence-corrected chi connectivity index (χ1v) is 8.54. The van der Waals surface area contributed by atoms with Crippen molar-refractivity contribution < 1.29 is 4.74 Å². The summed E-state index contributed by atoms with van der Waals surface area (Å²) < 4.78 is 5.40. The lowest BCUT2D eigenvalue weighted by Gasteiger charge is -2.28. The molecule has 0 saturated carbocycles. The van der Waals surface area contributed by atoms with Gasteiger partial charge in [-0.2, -0.15) is 0 Å². The van der Waals surface area contributed by atoms with Gasteiger partial charge in [0, 0.05) is 31.2 Å². The smallest absolute Gasteiger partial charge is 0.0594 e. The summed E-state index contributed by atoms with van der Waals surface area (Å²) in [7, 11) is 0. The highest BCUT2D eigenvalue weighted by Gasteiger charge is 2.15. The molecule has 1 atom stereocenters. The maximum Gasteiger partial charge on any atom is 0.0594 e. The largest absolute Gasteiger partial charge is 0.379 e. The lowest BCUT2D eigenvalue weighted by molar-refractivity contribution is 0.0382. The van der Waals surface area contributed by atoms with E-state index in [0.29, 0.717) is 0 Å². The number of hydrogen-bond acceptors (Lipinski definition) is 3. The number of nitrogens with one attached hydrogen (secondary N) is 1. The van der Waals surface area contributed by atoms with E-state index in [1.807, 2.05) is 12.1 Å². The van der Waals surface area contributed by atoms with Crippen molar-refractivity contribution in [3.05, 3.63) is 70.7 Å². The zero-order valence-electron chi connectivity index (χ0n) is 13.2. The first-order chi connectivity index (χ1) is 11.3. The fourth-order valence-corrected chi connectivity index (χ4v) is 3.05. The van der Waals surface area contributed by atoms with E-state index in [-0.39, 0.29) is 6.04 Å². The molecule has 0 spiro atoms. The predicted octanol–water partition coefficient (Wildman–Crippen LogP) is 3.35. The lowest BCUT2D eigenvalue weighted by atomic mass is 9.99. The third-order valence-corrected chi connectivity index (χ3v) is 4.47. The molecule has 1 heterocycles. The van der Waals surface area contributed by atoms with Crippen LogP contribution >= 0.6 is 11.6 Å². The van der Waals surface area contributed by atoms with Crippen molar-refractivity contribution in [3.8, 4) is 0 Å². The van der Waals surface area contributed by atoms with E-state index in [1.165, 1.54) is 11.1 Å². The number of morpholine rings is 1. The van der Waals surface area contributed by atoms with Crippen molar-refractivity contribution in [2.75, 3.05) is 39.4 Å². The molecule has 1 aliphatic rings. The van der Waals surface area contributed by atoms with Gasteiger partial charge in [0.25, 0.3) is 0 Å². The molecule has 1 fully saturated rings. The Labute approximate surface area is 143 Å². The topological polar surface area (TPSA) is 24.5 Å². The molecule has 1 N–H and O–H groups in total. The number of ether oxygens (including phenoxy) is 1. The number of benzene rings is 2. The molecule has 3 rings (SSSR count). The summed E-state index contributed by atoms with van der Waals surface area (Å²) in [5.74, 6) is 0. The fourth-order valence-electron chi connectivity index (χ4n) is 2.92. The third kappa shape index (κ3) is 4.79. The predicted molar refractivity (Wildman–Crippen MR) is 95.0 cm³/mol. The van der Waals surface area contributed by atoms with E-state index in [9.17, 15) is 0 Å². The number of hydrogen-bond donors (Lipinski definition) is 1. The summed E-state index contributed by atoms with van der Waals surface area (Å²) in [5.41, 5.74) is 2.51. The second-order valence-electron chi connectivity index (χ2n) is 5.80. The van der Waals surface area contributed by atoms with Crippen molar-refractivity contribution >= 4 is 11.6 Å². The molecule has 0 radical (unpaired) electrons. The van der Waals surface area contributed by atoms with E-state index < -0.39 is 0 Å². The average molecular weight is 331 g/mol. The maximum atomic E-state index is 6.03. The molecule has 122 valence electrons. The van der Waals surface area contributed by atoms with Gasteiger partial charge in [-0.3, -0.25) is 4.90 Å². The average Bonchev–Trinajstić information content (AvgIpc) is 2.61. The monoisotopic (exact) mass is 330 g/mol. The molecule has 3 nitrogen and oxygen atoms in total. The van der Waals surface area contributed by atoms with E-state index in [4.69, 9.17) is 16.3 Å². The van der Waals surface area contributed by atoms with Gasteiger partial charge < -0.3 is 10.1 Å². The zero-order valence-corrected chi connectivity index (χ0v) is 14.0. The SMILES string of the molecule is Clc1ccc([C@@H](NCCN2CCOCC2)c2ccccc2)cc1. The van der Waals surface area contributed by atoms with Crippen LogP contribution in [-0.2, 0) is 4.74 Å². The number of nitrogens with zero attached hydrogens (tertiary/aromatic N) is 1. The minimum atomic E-state index is 0.189. The van der Waals surface area contributed by atoms with Gasteiger partial charge in [0.15, 0.2) is 0 Å². The highest BCUT2D eigenvalue weighted by Crippen LogP contribution is 2.23. The minimum absolute atomic E-state index is 0.189. The van der Waals surface area contributed by atoms with Crippen LogP contribution in [0.3, 0.4) is 0 Å². The third-order valence-electron chi connectivity index (χ3n) is 4.22. The highest BCUT2D eigenvalue weighted by atomic mass is 35.5. The Hall–Kier alpha value is -1.39. The van der Waals surface area contributed by atoms with Crippen LogP contribution in [0.5, 0.6) is 0 Å². The van der Waals surface area contributed by atoms with Crippen LogP contribution in [0.2, 0.25) is 5.02 Å². The van der Waals surface area contributed by atoms with Crippen LogP contribution < -0.4 is 5.32 Å². The molecule has 2 aromatic carbocycles. The summed E-state index contributed by atoms with van der Waals surface area (Å²) in [5, 5.41) is 4.47. The maximum absolute atomic E-state index is 6.03. The van der Waals surface area contributed by atoms with Crippen LogP contribution in [0, 0.1) is 0 Å². The summed E-state index contributed by atoms with van der Waals surface area (Å²) in [4.78, 5) is 2.44. The number of rotatable bonds is 6. The zero-order chi connectivity index (χ0) is 15.9. The van der Waals surface area contributed by atoms with Gasteiger partial charge in [-0.1, -0.05) is 54.1 Å². The summed E-state index contributed by atoms with van der Waals surface area (Å²) >= 11 is 6.03. The molecule has 0 bridgehead atoms. The van der Waals surface area contributed by atoms with Crippen LogP contribution in [0.25, 0.3) is 0 Å². The van der Waals surface area contributed by atoms with E-state index >= 15 is 0 Å². The molecule has 0 aromatic heterocycles. The standard InChI is InChI=1S/C19H23ClN2O/c20-18-8-6-17(7-9-18)19(16-4-2-1-3-5-16)21-10-11-22-12-14-23-15-13-22/h1-9,19,21H,10-15H2/t19-/m0/s1. The summed E-state index contributed by atoms with van der Waals surface area (Å²) in [6, 6.07) is 18.9. The van der Waals surface area contributed by atoms with Gasteiger partial charge >= 0.3 is 0 Å². The quantitative estimate of drug-likeness (QED) is 0.879. The normalized spacial score (nSPS) is 17.1. The molecular formula is C19H23ClN2O. The molecule has 23 heavy (non-hydrogen) atoms. The van der Waals surface area contributed by atoms with Crippen molar-refractivity contribution in [3.63, 3.8) is 0 Å². The van der Waals surface area contributed by atoms with Crippen molar-refractivity contribution in [1.82, 2.24) is 10.2 Å². The minimum Gasteiger partial charge on any atom is -0.379 e. The Morgan fingerprint density at radius 1 is 0.957 bits per heavy atom. The fraction of sp³-hybridized carbons (Fsp3) is 0.368. The molecule has 2 aromatic rings. The lowest BCUT2D eigenvalue weighted by Crippen LogP contribution is -2.41. The molecule has 1 saturated heterocycles. The molecule has 0 aliphatic carbocycles. The van der Waals surface area contributed by atoms with Gasteiger partial charge in [0.05, 0.1) is 19.3 Å². The van der Waals surface area contributed by atoms with Gasteiger partial charge in [0.1, 0.15) is 0 Å². The van der Waals surface area contributed by atoms with Gasteiger partial charge in [-0.15, -0.1) is 0 Å². The van der Waals surface area contributed by atoms with Crippen molar-refractivity contribution in [2.24, 2.45) is 0 Å². The molecule has 1 aliphatic heterocycles. The van der Waals surface area contributed by atoms with E-state index in [0.717, 1.165) is 44.4 Å². The van der Waals surface area contributed by atoms with Crippen molar-refractivity contribution in [1.29, 1.82) is 0 Å². The molecular weight excluding hydrogens is 308 g/mol. The second kappa shape index (κ2) is 8.46. The van der Waals surface area contributed by atoms with Crippen LogP contribution in [-0.4, -0.2) is 44.3 Å². The van der Waals surface area contributed by atoms with Crippen LogP contribution in [0.1, 0.15) is 17.2 Å². The van der Waals surface area contributed by atoms with Gasteiger partial charge in [0.2, 0.25) is 0 Å². The number of halogens is 1.